The van der Waals surface area contributed by atoms with Gasteiger partial charge in [0, 0.05) is 6.42 Å². The predicted octanol–water partition coefficient (Wildman–Crippen LogP) is 8.57. The fourth-order valence-electron chi connectivity index (χ4n) is 4.91. The van der Waals surface area contributed by atoms with E-state index in [2.05, 4.69) is 38.1 Å². The van der Waals surface area contributed by atoms with Crippen molar-refractivity contribution in [3.05, 3.63) is 42.0 Å². The van der Waals surface area contributed by atoms with Gasteiger partial charge in [-0.05, 0) is 72.4 Å². The molecule has 0 amide bonds. The van der Waals surface area contributed by atoms with Crippen LogP contribution in [0.2, 0.25) is 0 Å². The summed E-state index contributed by atoms with van der Waals surface area (Å²) in [5.74, 6) is 2.21. The van der Waals surface area contributed by atoms with Gasteiger partial charge in [0.15, 0.2) is 0 Å². The van der Waals surface area contributed by atoms with E-state index in [4.69, 9.17) is 4.74 Å². The maximum atomic E-state index is 12.0. The first kappa shape index (κ1) is 22.8. The van der Waals surface area contributed by atoms with Crippen molar-refractivity contribution in [1.82, 2.24) is 0 Å². The lowest BCUT2D eigenvalue weighted by Crippen LogP contribution is -2.13. The summed E-state index contributed by atoms with van der Waals surface area (Å²) in [4.78, 5) is 12.0. The summed E-state index contributed by atoms with van der Waals surface area (Å²) in [5, 5.41) is 2.40. The van der Waals surface area contributed by atoms with Gasteiger partial charge in [0.1, 0.15) is 5.75 Å². The van der Waals surface area contributed by atoms with Gasteiger partial charge in [-0.25, -0.2) is 0 Å². The van der Waals surface area contributed by atoms with Crippen LogP contribution in [-0.4, -0.2) is 5.97 Å². The maximum absolute atomic E-state index is 12.0. The molecule has 2 aromatic carbocycles. The Labute approximate surface area is 183 Å². The molecule has 164 valence electrons. The van der Waals surface area contributed by atoms with Gasteiger partial charge in [-0.1, -0.05) is 83.1 Å². The summed E-state index contributed by atoms with van der Waals surface area (Å²) < 4.78 is 5.54. The molecule has 2 nitrogen and oxygen atoms in total. The van der Waals surface area contributed by atoms with E-state index >= 15 is 0 Å². The Morgan fingerprint density at radius 1 is 0.833 bits per heavy atom. The van der Waals surface area contributed by atoms with Gasteiger partial charge >= 0.3 is 5.97 Å². The Hall–Kier alpha value is -1.83. The summed E-state index contributed by atoms with van der Waals surface area (Å²) in [5.41, 5.74) is 1.48. The Kier molecular flexibility index (Phi) is 9.24. The highest BCUT2D eigenvalue weighted by Gasteiger charge is 2.22. The van der Waals surface area contributed by atoms with Crippen molar-refractivity contribution in [2.24, 2.45) is 5.92 Å². The summed E-state index contributed by atoms with van der Waals surface area (Å²) in [6.07, 6.45) is 16.1. The van der Waals surface area contributed by atoms with Crippen LogP contribution >= 0.6 is 0 Å². The van der Waals surface area contributed by atoms with Gasteiger partial charge in [-0.2, -0.15) is 0 Å². The Morgan fingerprint density at radius 3 is 2.30 bits per heavy atom. The van der Waals surface area contributed by atoms with E-state index in [-0.39, 0.29) is 5.97 Å². The number of fused-ring (bicyclic) bond motifs is 1. The molecule has 0 atom stereocenters. The number of rotatable bonds is 11. The molecule has 1 aliphatic rings. The lowest BCUT2D eigenvalue weighted by atomic mass is 9.77. The van der Waals surface area contributed by atoms with E-state index in [1.807, 2.05) is 12.1 Å². The number of ether oxygens (including phenoxy) is 1. The monoisotopic (exact) mass is 408 g/mol. The second-order valence-corrected chi connectivity index (χ2v) is 9.27. The lowest BCUT2D eigenvalue weighted by molar-refractivity contribution is -0.134. The minimum Gasteiger partial charge on any atom is -0.427 e. The SMILES string of the molecule is CCCCCC[C@H]1CC[C@H](c2ccc3cc(OC(=O)CCCCC)ccc3c2)CC1. The lowest BCUT2D eigenvalue weighted by Gasteiger charge is -2.29. The zero-order chi connectivity index (χ0) is 21.2. The van der Waals surface area contributed by atoms with Crippen LogP contribution in [0.4, 0.5) is 0 Å². The van der Waals surface area contributed by atoms with Gasteiger partial charge < -0.3 is 4.74 Å². The van der Waals surface area contributed by atoms with Crippen LogP contribution in [-0.2, 0) is 4.79 Å². The van der Waals surface area contributed by atoms with Crippen molar-refractivity contribution in [3.8, 4) is 5.75 Å². The van der Waals surface area contributed by atoms with Crippen LogP contribution in [0.3, 0.4) is 0 Å². The molecule has 0 aliphatic heterocycles. The highest BCUT2D eigenvalue weighted by Crippen LogP contribution is 2.38. The first-order chi connectivity index (χ1) is 14.7. The van der Waals surface area contributed by atoms with Crippen LogP contribution in [0.1, 0.15) is 109 Å². The fourth-order valence-corrected chi connectivity index (χ4v) is 4.91. The molecule has 0 bridgehead atoms. The standard InChI is InChI=1S/C28H40O2/c1-3-5-7-9-10-22-12-14-23(15-13-22)24-16-17-26-21-27(19-18-25(26)20-24)30-28(29)11-8-6-4-2/h16-23H,3-15H2,1-2H3/t22-,23-. The molecule has 0 unspecified atom stereocenters. The molecule has 0 saturated heterocycles. The number of hydrogen-bond donors (Lipinski definition) is 0. The third-order valence-electron chi connectivity index (χ3n) is 6.84. The largest absolute Gasteiger partial charge is 0.427 e. The van der Waals surface area contributed by atoms with Crippen molar-refractivity contribution in [2.45, 2.75) is 103 Å². The molecule has 0 heterocycles. The topological polar surface area (TPSA) is 26.3 Å². The van der Waals surface area contributed by atoms with Crippen LogP contribution in [0.15, 0.2) is 36.4 Å². The zero-order valence-electron chi connectivity index (χ0n) is 19.1. The first-order valence-electron chi connectivity index (χ1n) is 12.4. The summed E-state index contributed by atoms with van der Waals surface area (Å²) in [7, 11) is 0. The molecule has 0 spiro atoms. The highest BCUT2D eigenvalue weighted by molar-refractivity contribution is 5.85. The molecule has 2 heteroatoms. The second kappa shape index (κ2) is 12.1. The predicted molar refractivity (Wildman–Crippen MR) is 127 cm³/mol. The normalized spacial score (nSPS) is 19.1. The molecular formula is C28H40O2. The van der Waals surface area contributed by atoms with E-state index in [1.165, 1.54) is 68.7 Å². The Bertz CT molecular complexity index is 786. The molecule has 3 rings (SSSR count). The molecular weight excluding hydrogens is 368 g/mol. The second-order valence-electron chi connectivity index (χ2n) is 9.27. The van der Waals surface area contributed by atoms with Gasteiger partial charge in [0.05, 0.1) is 0 Å². The van der Waals surface area contributed by atoms with Crippen LogP contribution in [0, 0.1) is 5.92 Å². The van der Waals surface area contributed by atoms with E-state index in [9.17, 15) is 4.79 Å². The van der Waals surface area contributed by atoms with E-state index in [0.29, 0.717) is 18.1 Å². The summed E-state index contributed by atoms with van der Waals surface area (Å²) in [6, 6.07) is 12.9. The molecule has 1 aliphatic carbocycles. The first-order valence-corrected chi connectivity index (χ1v) is 12.4. The number of carbonyl (C=O) groups excluding carboxylic acids is 1. The Balaban J connectivity index is 1.53. The van der Waals surface area contributed by atoms with Crippen molar-refractivity contribution >= 4 is 16.7 Å². The molecule has 0 aromatic heterocycles. The maximum Gasteiger partial charge on any atom is 0.311 e. The van der Waals surface area contributed by atoms with Crippen LogP contribution < -0.4 is 4.74 Å². The minimum absolute atomic E-state index is 0.120. The molecule has 1 fully saturated rings. The van der Waals surface area contributed by atoms with Crippen molar-refractivity contribution in [2.75, 3.05) is 0 Å². The summed E-state index contributed by atoms with van der Waals surface area (Å²) in [6.45, 7) is 4.43. The van der Waals surface area contributed by atoms with Crippen LogP contribution in [0.5, 0.6) is 5.75 Å². The van der Waals surface area contributed by atoms with E-state index in [0.717, 1.165) is 30.6 Å². The van der Waals surface area contributed by atoms with Gasteiger partial charge in [0.25, 0.3) is 0 Å². The van der Waals surface area contributed by atoms with Crippen molar-refractivity contribution in [1.29, 1.82) is 0 Å². The average molecular weight is 409 g/mol. The minimum atomic E-state index is -0.120. The number of hydrogen-bond acceptors (Lipinski definition) is 2. The molecule has 2 aromatic rings. The zero-order valence-corrected chi connectivity index (χ0v) is 19.1. The fraction of sp³-hybridized carbons (Fsp3) is 0.607. The number of unbranched alkanes of at least 4 members (excludes halogenated alkanes) is 5. The molecule has 0 N–H and O–H groups in total. The highest BCUT2D eigenvalue weighted by atomic mass is 16.5. The van der Waals surface area contributed by atoms with Gasteiger partial charge in [-0.15, -0.1) is 0 Å². The average Bonchev–Trinajstić information content (AvgIpc) is 2.77. The van der Waals surface area contributed by atoms with E-state index in [1.54, 1.807) is 0 Å². The van der Waals surface area contributed by atoms with Crippen molar-refractivity contribution < 1.29 is 9.53 Å². The third kappa shape index (κ3) is 6.86. The number of benzene rings is 2. The number of esters is 1. The number of carbonyl (C=O) groups is 1. The van der Waals surface area contributed by atoms with Crippen molar-refractivity contribution in [3.63, 3.8) is 0 Å². The van der Waals surface area contributed by atoms with Gasteiger partial charge in [-0.3, -0.25) is 4.79 Å². The molecule has 1 saturated carbocycles. The van der Waals surface area contributed by atoms with Crippen LogP contribution in [0.25, 0.3) is 10.8 Å². The molecule has 0 radical (unpaired) electrons. The summed E-state index contributed by atoms with van der Waals surface area (Å²) >= 11 is 0. The quantitative estimate of drug-likeness (QED) is 0.211. The molecule has 30 heavy (non-hydrogen) atoms. The Morgan fingerprint density at radius 2 is 1.53 bits per heavy atom. The smallest absolute Gasteiger partial charge is 0.311 e. The van der Waals surface area contributed by atoms with Gasteiger partial charge in [0.2, 0.25) is 0 Å². The van der Waals surface area contributed by atoms with E-state index < -0.39 is 0 Å². The third-order valence-corrected chi connectivity index (χ3v) is 6.84.